The molecule has 1 heterocycles. The van der Waals surface area contributed by atoms with Gasteiger partial charge >= 0.3 is 0 Å². The molecule has 9 heavy (non-hydrogen) atoms. The molecule has 0 N–H and O–H groups in total. The van der Waals surface area contributed by atoms with Crippen LogP contribution in [0.4, 0.5) is 4.39 Å². The highest BCUT2D eigenvalue weighted by Crippen LogP contribution is 2.21. The van der Waals surface area contributed by atoms with Gasteiger partial charge in [-0.05, 0) is 26.9 Å². The number of hydrogen-bond acceptors (Lipinski definition) is 1. The largest absolute Gasteiger partial charge is 0.303 e. The summed E-state index contributed by atoms with van der Waals surface area (Å²) in [5.74, 6) is 0.301. The van der Waals surface area contributed by atoms with Crippen molar-refractivity contribution in [1.29, 1.82) is 0 Å². The summed E-state index contributed by atoms with van der Waals surface area (Å²) in [6.07, 6.45) is 1.04. The molecule has 0 saturated carbocycles. The first-order chi connectivity index (χ1) is 4.25. The normalized spacial score (nSPS) is 37.7. The fourth-order valence-corrected chi connectivity index (χ4v) is 1.38. The number of halogens is 1. The van der Waals surface area contributed by atoms with Crippen molar-refractivity contribution in [3.8, 4) is 0 Å². The minimum absolute atomic E-state index is 0.147. The molecule has 2 atom stereocenters. The Morgan fingerprint density at radius 2 is 2.33 bits per heavy atom. The lowest BCUT2D eigenvalue weighted by Gasteiger charge is -2.17. The van der Waals surface area contributed by atoms with Gasteiger partial charge in [0.15, 0.2) is 0 Å². The summed E-state index contributed by atoms with van der Waals surface area (Å²) < 4.78 is 12.1. The summed E-state index contributed by atoms with van der Waals surface area (Å²) in [6.45, 7) is 3.01. The van der Waals surface area contributed by atoms with E-state index in [0.717, 1.165) is 13.0 Å². The van der Waals surface area contributed by atoms with Gasteiger partial charge in [-0.1, -0.05) is 0 Å². The molecule has 0 amide bonds. The minimum Gasteiger partial charge on any atom is -0.303 e. The van der Waals surface area contributed by atoms with Crippen molar-refractivity contribution in [2.45, 2.75) is 19.4 Å². The van der Waals surface area contributed by atoms with Crippen molar-refractivity contribution in [3.63, 3.8) is 0 Å². The van der Waals surface area contributed by atoms with Crippen LogP contribution in [-0.4, -0.2) is 31.2 Å². The van der Waals surface area contributed by atoms with Crippen LogP contribution in [0, 0.1) is 5.92 Å². The van der Waals surface area contributed by atoms with Crippen molar-refractivity contribution in [2.75, 3.05) is 20.3 Å². The first-order valence-electron chi connectivity index (χ1n) is 3.52. The number of nitrogens with zero attached hydrogens (tertiary/aromatic N) is 1. The van der Waals surface area contributed by atoms with Crippen LogP contribution < -0.4 is 0 Å². The van der Waals surface area contributed by atoms with Crippen LogP contribution >= 0.6 is 0 Å². The molecule has 1 fully saturated rings. The molecule has 0 aromatic heterocycles. The fraction of sp³-hybridized carbons (Fsp3) is 1.00. The maximum atomic E-state index is 12.1. The molecular weight excluding hydrogens is 117 g/mol. The molecule has 1 rings (SSSR count). The van der Waals surface area contributed by atoms with Gasteiger partial charge in [0.1, 0.15) is 0 Å². The molecule has 0 bridgehead atoms. The van der Waals surface area contributed by atoms with E-state index in [1.54, 1.807) is 0 Å². The van der Waals surface area contributed by atoms with E-state index in [4.69, 9.17) is 0 Å². The van der Waals surface area contributed by atoms with Gasteiger partial charge in [0.05, 0.1) is 6.67 Å². The van der Waals surface area contributed by atoms with E-state index >= 15 is 0 Å². The van der Waals surface area contributed by atoms with Gasteiger partial charge in [-0.2, -0.15) is 0 Å². The van der Waals surface area contributed by atoms with Crippen molar-refractivity contribution in [1.82, 2.24) is 4.90 Å². The van der Waals surface area contributed by atoms with Gasteiger partial charge in [-0.3, -0.25) is 4.39 Å². The molecule has 0 spiro atoms. The second-order valence-electron chi connectivity index (χ2n) is 2.92. The van der Waals surface area contributed by atoms with Crippen LogP contribution in [0.1, 0.15) is 13.3 Å². The predicted molar refractivity (Wildman–Crippen MR) is 36.2 cm³/mol. The topological polar surface area (TPSA) is 3.24 Å². The lowest BCUT2D eigenvalue weighted by molar-refractivity contribution is 0.259. The maximum absolute atomic E-state index is 12.1. The van der Waals surface area contributed by atoms with E-state index in [9.17, 15) is 4.39 Å². The van der Waals surface area contributed by atoms with Crippen LogP contribution in [0.2, 0.25) is 0 Å². The number of rotatable bonds is 1. The van der Waals surface area contributed by atoms with E-state index in [1.807, 2.05) is 0 Å². The van der Waals surface area contributed by atoms with Gasteiger partial charge < -0.3 is 4.90 Å². The third-order valence-electron chi connectivity index (χ3n) is 2.43. The highest BCUT2D eigenvalue weighted by Gasteiger charge is 2.27. The molecule has 0 aliphatic carbocycles. The summed E-state index contributed by atoms with van der Waals surface area (Å²) in [5, 5.41) is 0. The summed E-state index contributed by atoms with van der Waals surface area (Å²) >= 11 is 0. The third-order valence-corrected chi connectivity index (χ3v) is 2.43. The fourth-order valence-electron chi connectivity index (χ4n) is 1.38. The van der Waals surface area contributed by atoms with Gasteiger partial charge in [-0.15, -0.1) is 0 Å². The Morgan fingerprint density at radius 3 is 2.56 bits per heavy atom. The van der Waals surface area contributed by atoms with Gasteiger partial charge in [0, 0.05) is 12.0 Å². The van der Waals surface area contributed by atoms with Gasteiger partial charge in [-0.25, -0.2) is 0 Å². The van der Waals surface area contributed by atoms with Crippen molar-refractivity contribution in [3.05, 3.63) is 0 Å². The zero-order valence-corrected chi connectivity index (χ0v) is 6.10. The summed E-state index contributed by atoms with van der Waals surface area (Å²) in [4.78, 5) is 2.21. The number of likely N-dealkylation sites (tertiary alicyclic amines) is 1. The Hall–Kier alpha value is -0.110. The van der Waals surface area contributed by atoms with Crippen LogP contribution in [0.3, 0.4) is 0 Å². The molecule has 1 aliphatic rings. The average molecular weight is 131 g/mol. The monoisotopic (exact) mass is 131 g/mol. The van der Waals surface area contributed by atoms with Crippen molar-refractivity contribution >= 4 is 0 Å². The van der Waals surface area contributed by atoms with Crippen LogP contribution in [0.5, 0.6) is 0 Å². The molecule has 54 valence electrons. The lowest BCUT2D eigenvalue weighted by Crippen LogP contribution is -2.26. The minimum atomic E-state index is -0.147. The van der Waals surface area contributed by atoms with Gasteiger partial charge in [0.25, 0.3) is 0 Å². The van der Waals surface area contributed by atoms with Crippen LogP contribution in [-0.2, 0) is 0 Å². The molecule has 2 unspecified atom stereocenters. The van der Waals surface area contributed by atoms with E-state index < -0.39 is 0 Å². The van der Waals surface area contributed by atoms with Crippen LogP contribution in [0.15, 0.2) is 0 Å². The second kappa shape index (κ2) is 2.65. The summed E-state index contributed by atoms with van der Waals surface area (Å²) in [5.41, 5.74) is 0. The summed E-state index contributed by atoms with van der Waals surface area (Å²) in [7, 11) is 2.06. The molecule has 1 aliphatic heterocycles. The molecule has 0 radical (unpaired) electrons. The Kier molecular flexibility index (Phi) is 2.06. The standard InChI is InChI=1S/C7H14FN/c1-6-7(5-8)3-4-9(6)2/h6-7H,3-5H2,1-2H3. The lowest BCUT2D eigenvalue weighted by atomic mass is 10.0. The number of hydrogen-bond donors (Lipinski definition) is 0. The zero-order chi connectivity index (χ0) is 6.85. The Morgan fingerprint density at radius 1 is 1.67 bits per heavy atom. The van der Waals surface area contributed by atoms with Crippen molar-refractivity contribution in [2.24, 2.45) is 5.92 Å². The maximum Gasteiger partial charge on any atom is 0.0937 e. The molecule has 0 aromatic carbocycles. The SMILES string of the molecule is CC1C(CF)CCN1C. The quantitative estimate of drug-likeness (QED) is 0.518. The Bertz CT molecular complexity index is 94.9. The predicted octanol–water partition coefficient (Wildman–Crippen LogP) is 1.30. The van der Waals surface area contributed by atoms with E-state index in [-0.39, 0.29) is 6.67 Å². The third kappa shape index (κ3) is 1.23. The second-order valence-corrected chi connectivity index (χ2v) is 2.92. The average Bonchev–Trinajstić information content (AvgIpc) is 2.15. The van der Waals surface area contributed by atoms with Crippen molar-refractivity contribution < 1.29 is 4.39 Å². The Balaban J connectivity index is 2.41. The zero-order valence-electron chi connectivity index (χ0n) is 6.10. The highest BCUT2D eigenvalue weighted by atomic mass is 19.1. The van der Waals surface area contributed by atoms with Gasteiger partial charge in [0.2, 0.25) is 0 Å². The first-order valence-corrected chi connectivity index (χ1v) is 3.52. The molecular formula is C7H14FN. The smallest absolute Gasteiger partial charge is 0.0937 e. The van der Waals surface area contributed by atoms with E-state index in [1.165, 1.54) is 0 Å². The van der Waals surface area contributed by atoms with E-state index in [2.05, 4.69) is 18.9 Å². The first kappa shape index (κ1) is 7.00. The van der Waals surface area contributed by atoms with Crippen LogP contribution in [0.25, 0.3) is 0 Å². The molecule has 1 nitrogen and oxygen atoms in total. The molecule has 1 saturated heterocycles. The number of alkyl halides is 1. The van der Waals surface area contributed by atoms with E-state index in [0.29, 0.717) is 12.0 Å². The molecule has 0 aromatic rings. The highest BCUT2D eigenvalue weighted by molar-refractivity contribution is 4.80. The summed E-state index contributed by atoms with van der Waals surface area (Å²) in [6, 6.07) is 0.454. The molecule has 2 heteroatoms. The Labute approximate surface area is 55.8 Å².